The predicted molar refractivity (Wildman–Crippen MR) is 77.4 cm³/mol. The molecule has 1 aliphatic heterocycles. The summed E-state index contributed by atoms with van der Waals surface area (Å²) in [5.41, 5.74) is 0.0781. The first kappa shape index (κ1) is 16.7. The fourth-order valence-electron chi connectivity index (χ4n) is 2.71. The summed E-state index contributed by atoms with van der Waals surface area (Å²) in [6, 6.07) is -0.669. The molecule has 0 bridgehead atoms. The molecule has 1 atom stereocenters. The van der Waals surface area contributed by atoms with Crippen LogP contribution in [-0.2, 0) is 19.3 Å². The summed E-state index contributed by atoms with van der Waals surface area (Å²) >= 11 is 6.04. The van der Waals surface area contributed by atoms with Crippen LogP contribution in [0.1, 0.15) is 42.0 Å². The van der Waals surface area contributed by atoms with Gasteiger partial charge in [0.15, 0.2) is 11.5 Å². The van der Waals surface area contributed by atoms with Gasteiger partial charge in [-0.2, -0.15) is 18.3 Å². The lowest BCUT2D eigenvalue weighted by Gasteiger charge is -2.33. The molecule has 0 aliphatic carbocycles. The summed E-state index contributed by atoms with van der Waals surface area (Å²) < 4.78 is 41.3. The Morgan fingerprint density at radius 1 is 1.38 bits per heavy atom. The van der Waals surface area contributed by atoms with Gasteiger partial charge in [-0.25, -0.2) is 0 Å². The van der Waals surface area contributed by atoms with Crippen LogP contribution in [0.2, 0.25) is 5.02 Å². The molecule has 0 radical (unpaired) electrons. The molecule has 130 valence electrons. The third-order valence-corrected chi connectivity index (χ3v) is 4.22. The van der Waals surface area contributed by atoms with Gasteiger partial charge in [-0.3, -0.25) is 9.48 Å². The zero-order chi connectivity index (χ0) is 17.6. The van der Waals surface area contributed by atoms with Crippen molar-refractivity contribution in [1.29, 1.82) is 0 Å². The number of carbonyl (C=O) groups excluding carboxylic acids is 1. The van der Waals surface area contributed by atoms with Crippen LogP contribution < -0.4 is 0 Å². The van der Waals surface area contributed by atoms with Gasteiger partial charge in [0.2, 0.25) is 5.82 Å². The Bertz CT molecular complexity index is 783. The number of rotatable bonds is 2. The molecule has 1 unspecified atom stereocenters. The minimum atomic E-state index is -4.58. The number of carbonyl (C=O) groups is 1. The molecule has 3 rings (SSSR count). The molecule has 2 aromatic heterocycles. The Morgan fingerprint density at radius 2 is 2.08 bits per heavy atom. The van der Waals surface area contributed by atoms with Gasteiger partial charge < -0.3 is 9.47 Å². The maximum absolute atomic E-state index is 12.9. The maximum atomic E-state index is 12.9. The van der Waals surface area contributed by atoms with Crippen molar-refractivity contribution in [3.8, 4) is 0 Å². The summed E-state index contributed by atoms with van der Waals surface area (Å²) in [6.07, 6.45) is -3.05. The lowest BCUT2D eigenvalue weighted by atomic mass is 10.2. The number of amides is 1. The molecule has 24 heavy (non-hydrogen) atoms. The monoisotopic (exact) mass is 362 g/mol. The van der Waals surface area contributed by atoms with E-state index in [4.69, 9.17) is 11.6 Å². The molecule has 7 nitrogen and oxygen atoms in total. The highest BCUT2D eigenvalue weighted by atomic mass is 35.5. The highest BCUT2D eigenvalue weighted by molar-refractivity contribution is 6.33. The van der Waals surface area contributed by atoms with Crippen molar-refractivity contribution in [2.24, 2.45) is 0 Å². The zero-order valence-electron chi connectivity index (χ0n) is 12.9. The minimum Gasteiger partial charge on any atom is -0.325 e. The first-order valence-electron chi connectivity index (χ1n) is 7.28. The minimum absolute atomic E-state index is 0.0423. The highest BCUT2D eigenvalue weighted by Gasteiger charge is 2.42. The van der Waals surface area contributed by atoms with Crippen molar-refractivity contribution in [1.82, 2.24) is 29.4 Å². The fourth-order valence-corrected chi connectivity index (χ4v) is 2.94. The molecule has 0 aromatic carbocycles. The van der Waals surface area contributed by atoms with Crippen molar-refractivity contribution in [2.75, 3.05) is 6.54 Å². The van der Waals surface area contributed by atoms with Crippen molar-refractivity contribution in [3.05, 3.63) is 28.6 Å². The molecule has 0 saturated carbocycles. The van der Waals surface area contributed by atoms with E-state index in [1.807, 2.05) is 6.92 Å². The van der Waals surface area contributed by atoms with Crippen LogP contribution in [0.3, 0.4) is 0 Å². The number of alkyl halides is 3. The third kappa shape index (κ3) is 2.64. The van der Waals surface area contributed by atoms with Gasteiger partial charge in [0.05, 0.1) is 11.1 Å². The van der Waals surface area contributed by atoms with Gasteiger partial charge >= 0.3 is 6.18 Å². The number of hydrogen-bond acceptors (Lipinski definition) is 4. The second-order valence-electron chi connectivity index (χ2n) is 5.39. The Hall–Kier alpha value is -2.10. The Balaban J connectivity index is 1.91. The molecule has 0 saturated heterocycles. The topological polar surface area (TPSA) is 68.8 Å². The first-order chi connectivity index (χ1) is 11.2. The Labute approximate surface area is 140 Å². The van der Waals surface area contributed by atoms with Crippen LogP contribution in [0.4, 0.5) is 13.2 Å². The lowest BCUT2D eigenvalue weighted by molar-refractivity contribution is -0.148. The molecule has 11 heteroatoms. The summed E-state index contributed by atoms with van der Waals surface area (Å²) in [4.78, 5) is 14.1. The van der Waals surface area contributed by atoms with Gasteiger partial charge in [-0.1, -0.05) is 11.6 Å². The van der Waals surface area contributed by atoms with E-state index in [-0.39, 0.29) is 29.6 Å². The second kappa shape index (κ2) is 5.76. The van der Waals surface area contributed by atoms with Crippen LogP contribution >= 0.6 is 11.6 Å². The number of fused-ring (bicyclic) bond motifs is 1. The van der Waals surface area contributed by atoms with E-state index in [2.05, 4.69) is 15.3 Å². The largest absolute Gasteiger partial charge is 0.451 e. The van der Waals surface area contributed by atoms with Gasteiger partial charge in [0.1, 0.15) is 0 Å². The molecule has 1 amide bonds. The molecular formula is C13H14ClF3N6O. The molecule has 0 N–H and O–H groups in total. The van der Waals surface area contributed by atoms with Gasteiger partial charge in [0.25, 0.3) is 5.91 Å². The lowest BCUT2D eigenvalue weighted by Crippen LogP contribution is -2.42. The van der Waals surface area contributed by atoms with E-state index in [1.165, 1.54) is 15.8 Å². The first-order valence-corrected chi connectivity index (χ1v) is 7.66. The smallest absolute Gasteiger partial charge is 0.325 e. The summed E-state index contributed by atoms with van der Waals surface area (Å²) in [6.45, 7) is 4.04. The van der Waals surface area contributed by atoms with Crippen molar-refractivity contribution in [3.63, 3.8) is 0 Å². The van der Waals surface area contributed by atoms with E-state index >= 15 is 0 Å². The van der Waals surface area contributed by atoms with E-state index in [1.54, 1.807) is 6.92 Å². The zero-order valence-corrected chi connectivity index (χ0v) is 13.6. The molecule has 0 fully saturated rings. The van der Waals surface area contributed by atoms with E-state index < -0.39 is 23.9 Å². The van der Waals surface area contributed by atoms with Gasteiger partial charge in [-0.15, -0.1) is 10.2 Å². The van der Waals surface area contributed by atoms with Crippen LogP contribution in [0.5, 0.6) is 0 Å². The molecule has 0 spiro atoms. The second-order valence-corrected chi connectivity index (χ2v) is 5.79. The quantitative estimate of drug-likeness (QED) is 0.822. The average Bonchev–Trinajstić information content (AvgIpc) is 3.10. The molecule has 2 aromatic rings. The standard InChI is InChI=1S/C13H14ClF3N6O/c1-3-21-6-8(14)9(20-21)11(24)22-4-5-23-10(7(22)2)18-19-12(23)13(15,16)17/h6-7H,3-5H2,1-2H3. The van der Waals surface area contributed by atoms with Crippen molar-refractivity contribution >= 4 is 17.5 Å². The van der Waals surface area contributed by atoms with Crippen molar-refractivity contribution < 1.29 is 18.0 Å². The molecule has 3 heterocycles. The van der Waals surface area contributed by atoms with Crippen LogP contribution in [-0.4, -0.2) is 41.9 Å². The van der Waals surface area contributed by atoms with E-state index in [0.717, 1.165) is 4.57 Å². The highest BCUT2D eigenvalue weighted by Crippen LogP contribution is 2.33. The normalized spacial score (nSPS) is 17.9. The van der Waals surface area contributed by atoms with Crippen LogP contribution in [0.15, 0.2) is 6.20 Å². The Morgan fingerprint density at radius 3 is 2.67 bits per heavy atom. The predicted octanol–water partition coefficient (Wildman–Crippen LogP) is 2.38. The van der Waals surface area contributed by atoms with Crippen molar-refractivity contribution in [2.45, 2.75) is 39.2 Å². The fraction of sp³-hybridized carbons (Fsp3) is 0.538. The Kier molecular flexibility index (Phi) is 4.02. The summed E-state index contributed by atoms with van der Waals surface area (Å²) in [5.74, 6) is -1.40. The maximum Gasteiger partial charge on any atom is 0.451 e. The number of halogens is 4. The van der Waals surface area contributed by atoms with E-state index in [9.17, 15) is 18.0 Å². The van der Waals surface area contributed by atoms with E-state index in [0.29, 0.717) is 6.54 Å². The number of aryl methyl sites for hydroxylation is 1. The summed E-state index contributed by atoms with van der Waals surface area (Å²) in [7, 11) is 0. The van der Waals surface area contributed by atoms with Gasteiger partial charge in [0, 0.05) is 25.8 Å². The molecule has 1 aliphatic rings. The third-order valence-electron chi connectivity index (χ3n) is 3.94. The molecular weight excluding hydrogens is 349 g/mol. The van der Waals surface area contributed by atoms with Crippen LogP contribution in [0.25, 0.3) is 0 Å². The summed E-state index contributed by atoms with van der Waals surface area (Å²) in [5, 5.41) is 11.2. The average molecular weight is 363 g/mol. The number of aromatic nitrogens is 5. The number of hydrogen-bond donors (Lipinski definition) is 0. The SMILES string of the molecule is CCn1cc(Cl)c(C(=O)N2CCn3c(nnc3C(F)(F)F)C2C)n1. The number of nitrogens with zero attached hydrogens (tertiary/aromatic N) is 6. The van der Waals surface area contributed by atoms with Gasteiger partial charge in [-0.05, 0) is 13.8 Å². The van der Waals surface area contributed by atoms with Crippen LogP contribution in [0, 0.1) is 0 Å².